The Morgan fingerprint density at radius 2 is 1.56 bits per heavy atom. The number of benzene rings is 3. The highest BCUT2D eigenvalue weighted by Gasteiger charge is 2.18. The van der Waals surface area contributed by atoms with Crippen LogP contribution in [0.4, 0.5) is 10.5 Å². The van der Waals surface area contributed by atoms with E-state index in [9.17, 15) is 9.59 Å². The third-order valence-corrected chi connectivity index (χ3v) is 5.46. The van der Waals surface area contributed by atoms with Crippen LogP contribution in [0.15, 0.2) is 72.8 Å². The Bertz CT molecular complexity index is 1200. The maximum atomic E-state index is 13.1. The second-order valence-electron chi connectivity index (χ2n) is 8.38. The fraction of sp³-hybridized carbons (Fsp3) is 0.241. The molecule has 0 aliphatic carbocycles. The summed E-state index contributed by atoms with van der Waals surface area (Å²) in [5.74, 6) is 0.996. The molecule has 2 amide bonds. The lowest BCUT2D eigenvalue weighted by atomic mass is 10.0. The number of nitrogens with zero attached hydrogens (tertiary/aromatic N) is 1. The molecule has 0 fully saturated rings. The van der Waals surface area contributed by atoms with E-state index in [4.69, 9.17) is 9.47 Å². The summed E-state index contributed by atoms with van der Waals surface area (Å²) in [6.45, 7) is 4.19. The van der Waals surface area contributed by atoms with E-state index in [1.165, 1.54) is 13.2 Å². The van der Waals surface area contributed by atoms with Gasteiger partial charge in [-0.05, 0) is 60.9 Å². The fourth-order valence-electron chi connectivity index (χ4n) is 3.73. The summed E-state index contributed by atoms with van der Waals surface area (Å²) in [5.41, 5.74) is 4.24. The van der Waals surface area contributed by atoms with Gasteiger partial charge in [0.25, 0.3) is 0 Å². The summed E-state index contributed by atoms with van der Waals surface area (Å²) >= 11 is 0. The molecule has 0 saturated carbocycles. The van der Waals surface area contributed by atoms with Gasteiger partial charge in [0.15, 0.2) is 0 Å². The Kier molecular flexibility index (Phi) is 9.11. The summed E-state index contributed by atoms with van der Waals surface area (Å²) in [4.78, 5) is 26.3. The van der Waals surface area contributed by atoms with E-state index in [1.54, 1.807) is 25.2 Å². The number of nitrogens with one attached hydrogen (secondary N) is 1. The average Bonchev–Trinajstić information content (AvgIpc) is 2.89. The predicted molar refractivity (Wildman–Crippen MR) is 142 cm³/mol. The first-order chi connectivity index (χ1) is 17.4. The predicted octanol–water partition coefficient (Wildman–Crippen LogP) is 5.68. The van der Waals surface area contributed by atoms with Crippen LogP contribution in [0, 0.1) is 0 Å². The number of hydrogen-bond acceptors (Lipinski definition) is 5. The van der Waals surface area contributed by atoms with Crippen molar-refractivity contribution in [1.29, 1.82) is 0 Å². The molecule has 7 heteroatoms. The molecule has 0 atom stereocenters. The molecule has 7 nitrogen and oxygen atoms in total. The summed E-state index contributed by atoms with van der Waals surface area (Å²) in [6, 6.07) is 20.8. The highest BCUT2D eigenvalue weighted by Crippen LogP contribution is 2.38. The van der Waals surface area contributed by atoms with Gasteiger partial charge in [0.1, 0.15) is 11.5 Å². The number of methoxy groups -OCH3 is 3. The second kappa shape index (κ2) is 12.4. The van der Waals surface area contributed by atoms with E-state index >= 15 is 0 Å². The number of carbonyl (C=O) groups excluding carboxylic acids is 2. The molecule has 1 N–H and O–H groups in total. The first-order valence-electron chi connectivity index (χ1n) is 11.6. The Hall–Kier alpha value is -4.26. The molecule has 0 unspecified atom stereocenters. The van der Waals surface area contributed by atoms with Crippen LogP contribution in [0.3, 0.4) is 0 Å². The first kappa shape index (κ1) is 26.3. The normalized spacial score (nSPS) is 10.8. The number of carbonyl (C=O) groups is 2. The molecule has 188 valence electrons. The Morgan fingerprint density at radius 1 is 0.917 bits per heavy atom. The van der Waals surface area contributed by atoms with Crippen molar-refractivity contribution >= 4 is 23.8 Å². The molecule has 3 aromatic carbocycles. The van der Waals surface area contributed by atoms with Crippen molar-refractivity contribution in [2.24, 2.45) is 0 Å². The van der Waals surface area contributed by atoms with Gasteiger partial charge in [-0.15, -0.1) is 0 Å². The molecule has 0 heterocycles. The molecule has 0 spiro atoms. The number of ether oxygens (including phenoxy) is 3. The van der Waals surface area contributed by atoms with E-state index in [2.05, 4.69) is 10.1 Å². The van der Waals surface area contributed by atoms with Gasteiger partial charge in [-0.25, -0.2) is 9.59 Å². The van der Waals surface area contributed by atoms with E-state index in [0.717, 1.165) is 33.8 Å². The van der Waals surface area contributed by atoms with Crippen LogP contribution in [-0.2, 0) is 16.1 Å². The van der Waals surface area contributed by atoms with E-state index < -0.39 is 5.97 Å². The quantitative estimate of drug-likeness (QED) is 0.310. The van der Waals surface area contributed by atoms with Crippen LogP contribution in [0.5, 0.6) is 11.5 Å². The molecule has 36 heavy (non-hydrogen) atoms. The van der Waals surface area contributed by atoms with E-state index in [1.807, 2.05) is 80.6 Å². The number of hydrogen-bond donors (Lipinski definition) is 1. The van der Waals surface area contributed by atoms with Gasteiger partial charge in [-0.2, -0.15) is 0 Å². The molecule has 3 aromatic rings. The molecular formula is C29H32N2O5. The number of urea groups is 1. The molecule has 0 bridgehead atoms. The van der Waals surface area contributed by atoms with Gasteiger partial charge < -0.3 is 19.5 Å². The molecule has 0 aliphatic heterocycles. The molecule has 0 saturated heterocycles. The molecule has 0 aliphatic rings. The van der Waals surface area contributed by atoms with Crippen molar-refractivity contribution in [3.05, 3.63) is 83.9 Å². The van der Waals surface area contributed by atoms with Crippen LogP contribution in [-0.4, -0.2) is 39.4 Å². The SMILES string of the molecule is COC(=O)/C=C/c1cccc(N(Cc2ccc(-c3c(OC)cccc3OC)cc2)C(=O)NC(C)C)c1. The minimum Gasteiger partial charge on any atom is -0.496 e. The smallest absolute Gasteiger partial charge is 0.330 e. The lowest BCUT2D eigenvalue weighted by Gasteiger charge is -2.25. The lowest BCUT2D eigenvalue weighted by molar-refractivity contribution is -0.134. The monoisotopic (exact) mass is 488 g/mol. The average molecular weight is 489 g/mol. The van der Waals surface area contributed by atoms with Crippen LogP contribution >= 0.6 is 0 Å². The molecular weight excluding hydrogens is 456 g/mol. The van der Waals surface area contributed by atoms with E-state index in [0.29, 0.717) is 12.2 Å². The van der Waals surface area contributed by atoms with Gasteiger partial charge in [-0.1, -0.05) is 42.5 Å². The van der Waals surface area contributed by atoms with Crippen LogP contribution in [0.2, 0.25) is 0 Å². The van der Waals surface area contributed by atoms with Crippen LogP contribution < -0.4 is 19.7 Å². The summed E-state index contributed by atoms with van der Waals surface area (Å²) < 4.78 is 15.7. The summed E-state index contributed by atoms with van der Waals surface area (Å²) in [5, 5.41) is 2.97. The number of amides is 2. The first-order valence-corrected chi connectivity index (χ1v) is 11.6. The number of esters is 1. The molecule has 0 radical (unpaired) electrons. The van der Waals surface area contributed by atoms with Gasteiger partial charge in [-0.3, -0.25) is 4.90 Å². The minimum absolute atomic E-state index is 0.0252. The molecule has 0 aromatic heterocycles. The number of rotatable bonds is 9. The fourth-order valence-corrected chi connectivity index (χ4v) is 3.73. The van der Waals surface area contributed by atoms with Crippen molar-refractivity contribution < 1.29 is 23.8 Å². The topological polar surface area (TPSA) is 77.1 Å². The Morgan fingerprint density at radius 3 is 2.14 bits per heavy atom. The Labute approximate surface area is 212 Å². The van der Waals surface area contributed by atoms with Gasteiger partial charge in [0, 0.05) is 17.8 Å². The van der Waals surface area contributed by atoms with Crippen molar-refractivity contribution in [1.82, 2.24) is 5.32 Å². The maximum absolute atomic E-state index is 13.1. The highest BCUT2D eigenvalue weighted by atomic mass is 16.5. The zero-order valence-corrected chi connectivity index (χ0v) is 21.3. The Balaban J connectivity index is 1.92. The van der Waals surface area contributed by atoms with Crippen molar-refractivity contribution in [3.63, 3.8) is 0 Å². The summed E-state index contributed by atoms with van der Waals surface area (Å²) in [7, 11) is 4.59. The lowest BCUT2D eigenvalue weighted by Crippen LogP contribution is -2.42. The van der Waals surface area contributed by atoms with Crippen molar-refractivity contribution in [2.75, 3.05) is 26.2 Å². The van der Waals surface area contributed by atoms with Gasteiger partial charge in [0.2, 0.25) is 0 Å². The van der Waals surface area contributed by atoms with Crippen LogP contribution in [0.1, 0.15) is 25.0 Å². The minimum atomic E-state index is -0.443. The molecule has 3 rings (SSSR count). The standard InChI is InChI=1S/C29H32N2O5/c1-20(2)30-29(33)31(24-9-6-8-21(18-24)14-17-27(32)36-5)19-22-12-15-23(16-13-22)28-25(34-3)10-7-11-26(28)35-4/h6-18,20H,19H2,1-5H3,(H,30,33)/b17-14+. The third kappa shape index (κ3) is 6.66. The van der Waals surface area contributed by atoms with Crippen molar-refractivity contribution in [3.8, 4) is 22.6 Å². The van der Waals surface area contributed by atoms with Gasteiger partial charge in [0.05, 0.1) is 33.4 Å². The van der Waals surface area contributed by atoms with Crippen LogP contribution in [0.25, 0.3) is 17.2 Å². The van der Waals surface area contributed by atoms with E-state index in [-0.39, 0.29) is 12.1 Å². The highest BCUT2D eigenvalue weighted by molar-refractivity contribution is 5.93. The third-order valence-electron chi connectivity index (χ3n) is 5.46. The largest absolute Gasteiger partial charge is 0.496 e. The second-order valence-corrected chi connectivity index (χ2v) is 8.38. The maximum Gasteiger partial charge on any atom is 0.330 e. The van der Waals surface area contributed by atoms with Crippen molar-refractivity contribution in [2.45, 2.75) is 26.4 Å². The zero-order valence-electron chi connectivity index (χ0n) is 21.3. The zero-order chi connectivity index (χ0) is 26.1. The summed E-state index contributed by atoms with van der Waals surface area (Å²) in [6.07, 6.45) is 3.01. The number of anilines is 1. The van der Waals surface area contributed by atoms with Gasteiger partial charge >= 0.3 is 12.0 Å².